The molecule has 1 saturated heterocycles. The molecule has 0 atom stereocenters. The molecule has 3 aromatic rings. The van der Waals surface area contributed by atoms with Crippen molar-refractivity contribution in [1.29, 1.82) is 0 Å². The van der Waals surface area contributed by atoms with Gasteiger partial charge in [0.25, 0.3) is 5.91 Å². The summed E-state index contributed by atoms with van der Waals surface area (Å²) in [5.41, 5.74) is 1.55. The van der Waals surface area contributed by atoms with Gasteiger partial charge >= 0.3 is 0 Å². The van der Waals surface area contributed by atoms with Crippen LogP contribution in [-0.4, -0.2) is 15.3 Å². The molecule has 0 radical (unpaired) electrons. The number of thioether (sulfide) groups is 1. The number of benzene rings is 3. The normalized spacial score (nSPS) is 16.2. The van der Waals surface area contributed by atoms with Crippen molar-refractivity contribution in [2.75, 3.05) is 4.90 Å². The number of carbonyl (C=O) groups is 1. The summed E-state index contributed by atoms with van der Waals surface area (Å²) < 4.78 is 0.507. The lowest BCUT2D eigenvalue weighted by molar-refractivity contribution is -0.113. The third kappa shape index (κ3) is 2.92. The number of rotatable bonds is 2. The van der Waals surface area contributed by atoms with E-state index >= 15 is 0 Å². The fourth-order valence-corrected chi connectivity index (χ4v) is 4.13. The smallest absolute Gasteiger partial charge is 0.270 e. The SMILES string of the molecule is O=C1/C(=C/c2cccc(O)c2)SC(=S)N1c1cccc2ccccc12. The lowest BCUT2D eigenvalue weighted by atomic mass is 10.1. The minimum atomic E-state index is -0.144. The van der Waals surface area contributed by atoms with E-state index in [4.69, 9.17) is 12.2 Å². The van der Waals surface area contributed by atoms with E-state index in [1.165, 1.54) is 11.8 Å². The summed E-state index contributed by atoms with van der Waals surface area (Å²) in [7, 11) is 0. The van der Waals surface area contributed by atoms with Crippen LogP contribution in [0.5, 0.6) is 5.75 Å². The molecule has 4 rings (SSSR count). The first kappa shape index (κ1) is 15.9. The molecule has 5 heteroatoms. The first-order valence-electron chi connectivity index (χ1n) is 7.68. The van der Waals surface area contributed by atoms with Crippen LogP contribution in [0.2, 0.25) is 0 Å². The van der Waals surface area contributed by atoms with Crippen LogP contribution in [0.1, 0.15) is 5.56 Å². The fourth-order valence-electron chi connectivity index (χ4n) is 2.84. The monoisotopic (exact) mass is 363 g/mol. The molecule has 3 nitrogen and oxygen atoms in total. The van der Waals surface area contributed by atoms with E-state index in [1.807, 2.05) is 48.5 Å². The van der Waals surface area contributed by atoms with Gasteiger partial charge in [0.15, 0.2) is 4.32 Å². The van der Waals surface area contributed by atoms with Crippen molar-refractivity contribution >= 4 is 56.7 Å². The molecule has 1 aliphatic heterocycles. The standard InChI is InChI=1S/C20H13NO2S2/c22-15-8-3-5-13(11-15)12-18-19(23)21(20(24)25-18)17-10-4-7-14-6-1-2-9-16(14)17/h1-12,22H/b18-12-. The van der Waals surface area contributed by atoms with Crippen molar-refractivity contribution in [1.82, 2.24) is 0 Å². The van der Waals surface area contributed by atoms with E-state index in [0.717, 1.165) is 22.0 Å². The molecule has 1 heterocycles. The van der Waals surface area contributed by atoms with E-state index < -0.39 is 0 Å². The van der Waals surface area contributed by atoms with Crippen molar-refractivity contribution in [3.63, 3.8) is 0 Å². The summed E-state index contributed by atoms with van der Waals surface area (Å²) in [6.07, 6.45) is 1.75. The number of phenols is 1. The minimum absolute atomic E-state index is 0.144. The predicted octanol–water partition coefficient (Wildman–Crippen LogP) is 4.95. The second kappa shape index (κ2) is 6.35. The van der Waals surface area contributed by atoms with Crippen molar-refractivity contribution in [3.8, 4) is 5.75 Å². The average Bonchev–Trinajstić information content (AvgIpc) is 2.88. The van der Waals surface area contributed by atoms with Gasteiger partial charge in [-0.1, -0.05) is 72.5 Å². The van der Waals surface area contributed by atoms with Gasteiger partial charge in [0.1, 0.15) is 5.75 Å². The van der Waals surface area contributed by atoms with Gasteiger partial charge in [0, 0.05) is 5.39 Å². The summed E-state index contributed by atoms with van der Waals surface area (Å²) in [5, 5.41) is 11.6. The molecular formula is C20H13NO2S2. The molecule has 1 amide bonds. The summed E-state index contributed by atoms with van der Waals surface area (Å²) >= 11 is 6.73. The molecule has 0 spiro atoms. The Hall–Kier alpha value is -2.63. The Morgan fingerprint density at radius 1 is 1.00 bits per heavy atom. The average molecular weight is 363 g/mol. The Bertz CT molecular complexity index is 1040. The molecule has 25 heavy (non-hydrogen) atoms. The molecule has 1 N–H and O–H groups in total. The number of thiocarbonyl (C=S) groups is 1. The van der Waals surface area contributed by atoms with Crippen molar-refractivity contribution in [2.24, 2.45) is 0 Å². The van der Waals surface area contributed by atoms with Gasteiger partial charge in [-0.15, -0.1) is 0 Å². The minimum Gasteiger partial charge on any atom is -0.508 e. The summed E-state index contributed by atoms with van der Waals surface area (Å²) in [5.74, 6) is 0.0213. The highest BCUT2D eigenvalue weighted by molar-refractivity contribution is 8.27. The lowest BCUT2D eigenvalue weighted by Gasteiger charge is -2.17. The van der Waals surface area contributed by atoms with Crippen LogP contribution >= 0.6 is 24.0 Å². The van der Waals surface area contributed by atoms with Crippen LogP contribution in [-0.2, 0) is 4.79 Å². The molecule has 0 aromatic heterocycles. The first-order chi connectivity index (χ1) is 12.1. The maximum atomic E-state index is 12.9. The van der Waals surface area contributed by atoms with Crippen LogP contribution < -0.4 is 4.90 Å². The number of anilines is 1. The largest absolute Gasteiger partial charge is 0.508 e. The zero-order valence-corrected chi connectivity index (χ0v) is 14.7. The van der Waals surface area contributed by atoms with Gasteiger partial charge in [-0.05, 0) is 35.2 Å². The molecule has 3 aromatic carbocycles. The Balaban J connectivity index is 1.77. The van der Waals surface area contributed by atoms with E-state index in [9.17, 15) is 9.90 Å². The molecule has 122 valence electrons. The van der Waals surface area contributed by atoms with Crippen molar-refractivity contribution in [2.45, 2.75) is 0 Å². The van der Waals surface area contributed by atoms with Gasteiger partial charge in [-0.3, -0.25) is 9.69 Å². The van der Waals surface area contributed by atoms with Crippen LogP contribution in [0.25, 0.3) is 16.8 Å². The zero-order chi connectivity index (χ0) is 17.4. The number of hydrogen-bond acceptors (Lipinski definition) is 4. The summed E-state index contributed by atoms with van der Waals surface area (Å²) in [4.78, 5) is 15.1. The Morgan fingerprint density at radius 2 is 1.76 bits per heavy atom. The number of carbonyl (C=O) groups excluding carboxylic acids is 1. The second-order valence-corrected chi connectivity index (χ2v) is 7.29. The number of nitrogens with zero attached hydrogens (tertiary/aromatic N) is 1. The van der Waals surface area contributed by atoms with Crippen molar-refractivity contribution < 1.29 is 9.90 Å². The number of hydrogen-bond donors (Lipinski definition) is 1. The van der Waals surface area contributed by atoms with E-state index in [0.29, 0.717) is 9.23 Å². The number of aromatic hydroxyl groups is 1. The van der Waals surface area contributed by atoms with Crippen LogP contribution in [0, 0.1) is 0 Å². The highest BCUT2D eigenvalue weighted by Crippen LogP contribution is 2.38. The fraction of sp³-hybridized carbons (Fsp3) is 0. The van der Waals surface area contributed by atoms with E-state index in [-0.39, 0.29) is 11.7 Å². The van der Waals surface area contributed by atoms with Crippen molar-refractivity contribution in [3.05, 3.63) is 77.2 Å². The topological polar surface area (TPSA) is 40.5 Å². The van der Waals surface area contributed by atoms with Crippen LogP contribution in [0.15, 0.2) is 71.6 Å². The zero-order valence-electron chi connectivity index (χ0n) is 13.0. The number of fused-ring (bicyclic) bond motifs is 1. The third-order valence-corrected chi connectivity index (χ3v) is 5.27. The second-order valence-electron chi connectivity index (χ2n) is 5.61. The van der Waals surface area contributed by atoms with E-state index in [2.05, 4.69) is 0 Å². The van der Waals surface area contributed by atoms with Crippen LogP contribution in [0.4, 0.5) is 5.69 Å². The maximum Gasteiger partial charge on any atom is 0.270 e. The maximum absolute atomic E-state index is 12.9. The Morgan fingerprint density at radius 3 is 2.60 bits per heavy atom. The van der Waals surface area contributed by atoms with E-state index in [1.54, 1.807) is 29.2 Å². The Labute approximate surface area is 154 Å². The molecule has 0 unspecified atom stereocenters. The quantitative estimate of drug-likeness (QED) is 0.516. The summed E-state index contributed by atoms with van der Waals surface area (Å²) in [6.45, 7) is 0. The molecule has 0 aliphatic carbocycles. The molecule has 1 fully saturated rings. The first-order valence-corrected chi connectivity index (χ1v) is 8.91. The van der Waals surface area contributed by atoms with Gasteiger partial charge in [0.2, 0.25) is 0 Å². The molecule has 1 aliphatic rings. The number of amides is 1. The highest BCUT2D eigenvalue weighted by Gasteiger charge is 2.34. The summed E-state index contributed by atoms with van der Waals surface area (Å²) in [6, 6.07) is 20.6. The molecule has 0 bridgehead atoms. The van der Waals surface area contributed by atoms with Gasteiger partial charge in [0.05, 0.1) is 10.6 Å². The third-order valence-electron chi connectivity index (χ3n) is 3.97. The van der Waals surface area contributed by atoms with Gasteiger partial charge in [-0.2, -0.15) is 0 Å². The van der Waals surface area contributed by atoms with Crippen LogP contribution in [0.3, 0.4) is 0 Å². The van der Waals surface area contributed by atoms with Gasteiger partial charge in [-0.25, -0.2) is 0 Å². The number of phenolic OH excluding ortho intramolecular Hbond substituents is 1. The highest BCUT2D eigenvalue weighted by atomic mass is 32.2. The molecule has 0 saturated carbocycles. The van der Waals surface area contributed by atoms with Gasteiger partial charge < -0.3 is 5.11 Å². The lowest BCUT2D eigenvalue weighted by Crippen LogP contribution is -2.27. The Kier molecular flexibility index (Phi) is 4.03. The molecular weight excluding hydrogens is 350 g/mol. The predicted molar refractivity (Wildman–Crippen MR) is 108 cm³/mol.